The van der Waals surface area contributed by atoms with Gasteiger partial charge in [-0.05, 0) is 94.7 Å². The lowest BCUT2D eigenvalue weighted by Crippen LogP contribution is -2.71. The van der Waals surface area contributed by atoms with Crippen molar-refractivity contribution >= 4 is 17.7 Å². The number of Topliss-reactive ketones (excluding diaryl/α,β-unsaturated/α-hetero) is 1. The summed E-state index contributed by atoms with van der Waals surface area (Å²) in [6.07, 6.45) is -0.0485. The monoisotopic (exact) mass is 671 g/mol. The van der Waals surface area contributed by atoms with Crippen LogP contribution in [0.2, 0.25) is 0 Å². The topological polar surface area (TPSA) is 120 Å². The number of benzene rings is 1. The number of alkyl halides is 2. The van der Waals surface area contributed by atoms with Crippen LogP contribution in [0.1, 0.15) is 79.2 Å². The minimum atomic E-state index is -2.27. The van der Waals surface area contributed by atoms with E-state index in [4.69, 9.17) is 18.9 Å². The molecular weight excluding hydrogens is 624 g/mol. The van der Waals surface area contributed by atoms with Crippen molar-refractivity contribution in [1.82, 2.24) is 5.32 Å². The smallest absolute Gasteiger partial charge is 0.407 e. The average Bonchev–Trinajstić information content (AvgIpc) is 3.49. The second-order valence-corrected chi connectivity index (χ2v) is 15.5. The number of hydrogen-bond acceptors (Lipinski definition) is 8. The molecule has 0 spiro atoms. The predicted molar refractivity (Wildman–Crippen MR) is 171 cm³/mol. The summed E-state index contributed by atoms with van der Waals surface area (Å²) >= 11 is 0. The average molecular weight is 672 g/mol. The molecule has 1 aromatic rings. The number of fused-ring (bicyclic) bond motifs is 7. The summed E-state index contributed by atoms with van der Waals surface area (Å²) in [5.41, 5.74) is -6.20. The summed E-state index contributed by atoms with van der Waals surface area (Å²) in [5, 5.41) is 14.5. The van der Waals surface area contributed by atoms with Gasteiger partial charge in [-0.1, -0.05) is 38.5 Å². The molecule has 10 atom stereocenters. The summed E-state index contributed by atoms with van der Waals surface area (Å²) in [6, 6.07) is 6.92. The van der Waals surface area contributed by atoms with E-state index < -0.39 is 76.1 Å². The molecule has 5 aliphatic rings. The standard InChI is InChI=1S/C37H47F2NO8/c1-7-8-31-46-30-17-24-25-16-27(38)26-15-22(41)13-14-34(26,5)36(25,39)28(42)18-35(24,6)37(30,47-31)29(43)20-45-23-11-9-21(10-12-23)19-40-32(44)48-33(2,3)4/h9-15,24-25,27-28,30-31,42H,7-8,16-20H2,1-6H3,(H,40,44)/t24-,25-,27-,28-,30+,31?,34-,35-,36-,37+/m0/s1. The first-order chi connectivity index (χ1) is 22.5. The molecule has 1 heterocycles. The fraction of sp³-hybridized carbons (Fsp3) is 0.649. The third-order valence-electron chi connectivity index (χ3n) is 11.5. The first-order valence-electron chi connectivity index (χ1n) is 17.0. The molecule has 2 N–H and O–H groups in total. The molecule has 1 saturated heterocycles. The number of aliphatic hydroxyl groups excluding tert-OH is 1. The van der Waals surface area contributed by atoms with Gasteiger partial charge in [0.1, 0.15) is 24.1 Å². The van der Waals surface area contributed by atoms with Crippen LogP contribution in [0.15, 0.2) is 48.1 Å². The highest BCUT2D eigenvalue weighted by atomic mass is 19.1. The van der Waals surface area contributed by atoms with E-state index in [1.807, 2.05) is 13.8 Å². The van der Waals surface area contributed by atoms with Gasteiger partial charge in [0.25, 0.3) is 0 Å². The van der Waals surface area contributed by atoms with Crippen LogP contribution in [-0.4, -0.2) is 70.9 Å². The Hall–Kier alpha value is -3.15. The summed E-state index contributed by atoms with van der Waals surface area (Å²) in [6.45, 7) is 10.6. The molecule has 6 rings (SSSR count). The minimum Gasteiger partial charge on any atom is -0.486 e. The molecule has 0 radical (unpaired) electrons. The van der Waals surface area contributed by atoms with Gasteiger partial charge in [-0.3, -0.25) is 9.59 Å². The highest BCUT2D eigenvalue weighted by Crippen LogP contribution is 2.72. The first kappa shape index (κ1) is 34.7. The van der Waals surface area contributed by atoms with Crippen LogP contribution in [0.4, 0.5) is 13.6 Å². The lowest BCUT2D eigenvalue weighted by atomic mass is 9.44. The van der Waals surface area contributed by atoms with Gasteiger partial charge in [-0.2, -0.15) is 0 Å². The number of aliphatic hydroxyl groups is 1. The van der Waals surface area contributed by atoms with Crippen molar-refractivity contribution in [3.05, 3.63) is 53.6 Å². The van der Waals surface area contributed by atoms with Gasteiger partial charge in [-0.25, -0.2) is 13.6 Å². The molecule has 262 valence electrons. The molecule has 1 aliphatic heterocycles. The molecule has 48 heavy (non-hydrogen) atoms. The number of allylic oxidation sites excluding steroid dienone is 4. The molecular formula is C37H47F2NO8. The maximum Gasteiger partial charge on any atom is 0.407 e. The van der Waals surface area contributed by atoms with Crippen LogP contribution in [0.25, 0.3) is 0 Å². The number of alkyl carbamates (subject to hydrolysis) is 1. The van der Waals surface area contributed by atoms with Gasteiger partial charge in [0.2, 0.25) is 5.78 Å². The number of halogens is 2. The van der Waals surface area contributed by atoms with E-state index in [-0.39, 0.29) is 43.8 Å². The van der Waals surface area contributed by atoms with Gasteiger partial charge < -0.3 is 29.4 Å². The lowest BCUT2D eigenvalue weighted by Gasteiger charge is -2.63. The van der Waals surface area contributed by atoms with E-state index in [2.05, 4.69) is 5.32 Å². The van der Waals surface area contributed by atoms with Crippen molar-refractivity contribution in [3.63, 3.8) is 0 Å². The molecule has 4 aliphatic carbocycles. The third-order valence-corrected chi connectivity index (χ3v) is 11.5. The number of carbonyl (C=O) groups excluding carboxylic acids is 3. The largest absolute Gasteiger partial charge is 0.486 e. The Morgan fingerprint density at radius 3 is 2.50 bits per heavy atom. The van der Waals surface area contributed by atoms with Crippen LogP contribution in [-0.2, 0) is 30.3 Å². The lowest BCUT2D eigenvalue weighted by molar-refractivity contribution is -0.234. The molecule has 1 amide bonds. The van der Waals surface area contributed by atoms with Crippen molar-refractivity contribution < 1.29 is 47.2 Å². The Labute approximate surface area is 280 Å². The number of ether oxygens (including phenoxy) is 4. The summed E-state index contributed by atoms with van der Waals surface area (Å²) in [5.74, 6) is -1.88. The Kier molecular flexibility index (Phi) is 8.69. The summed E-state index contributed by atoms with van der Waals surface area (Å²) < 4.78 is 57.8. The van der Waals surface area contributed by atoms with Gasteiger partial charge in [0.05, 0.1) is 12.2 Å². The normalized spacial score (nSPS) is 39.9. The Balaban J connectivity index is 1.24. The SMILES string of the molecule is CCCC1O[C@@H]2C[C@H]3[C@@H]4C[C@H](F)C5=CC(=O)C=C[C@]5(C)[C@@]4(F)[C@@H](O)C[C@]3(C)[C@]2(C(=O)COc2ccc(CNC(=O)OC(C)(C)C)cc2)O1. The highest BCUT2D eigenvalue weighted by Gasteiger charge is 2.80. The van der Waals surface area contributed by atoms with E-state index in [0.29, 0.717) is 12.2 Å². The van der Waals surface area contributed by atoms with Crippen molar-refractivity contribution in [2.75, 3.05) is 6.61 Å². The van der Waals surface area contributed by atoms with E-state index in [1.165, 1.54) is 18.2 Å². The van der Waals surface area contributed by atoms with Crippen molar-refractivity contribution in [3.8, 4) is 5.75 Å². The van der Waals surface area contributed by atoms with Gasteiger partial charge in [0, 0.05) is 23.3 Å². The first-order valence-corrected chi connectivity index (χ1v) is 17.0. The van der Waals surface area contributed by atoms with Crippen LogP contribution >= 0.6 is 0 Å². The van der Waals surface area contributed by atoms with Gasteiger partial charge in [0.15, 0.2) is 23.3 Å². The number of nitrogens with one attached hydrogen (secondary N) is 1. The van der Waals surface area contributed by atoms with Crippen LogP contribution in [0.5, 0.6) is 5.75 Å². The Morgan fingerprint density at radius 1 is 1.12 bits per heavy atom. The minimum absolute atomic E-state index is 0.0518. The second kappa shape index (κ2) is 12.0. The number of amides is 1. The zero-order valence-electron chi connectivity index (χ0n) is 28.5. The fourth-order valence-corrected chi connectivity index (χ4v) is 9.33. The van der Waals surface area contributed by atoms with Crippen molar-refractivity contribution in [1.29, 1.82) is 0 Å². The van der Waals surface area contributed by atoms with Crippen LogP contribution in [0.3, 0.4) is 0 Å². The second-order valence-electron chi connectivity index (χ2n) is 15.5. The number of carbonyl (C=O) groups is 3. The molecule has 0 bridgehead atoms. The number of ketones is 2. The van der Waals surface area contributed by atoms with Crippen molar-refractivity contribution in [2.45, 2.75) is 122 Å². The maximum atomic E-state index is 17.7. The number of rotatable bonds is 8. The summed E-state index contributed by atoms with van der Waals surface area (Å²) in [7, 11) is 0. The Bertz CT molecular complexity index is 1520. The molecule has 0 aromatic heterocycles. The van der Waals surface area contributed by atoms with E-state index in [1.54, 1.807) is 52.0 Å². The van der Waals surface area contributed by atoms with E-state index in [0.717, 1.165) is 12.0 Å². The Morgan fingerprint density at radius 2 is 1.83 bits per heavy atom. The van der Waals surface area contributed by atoms with E-state index >= 15 is 8.78 Å². The maximum absolute atomic E-state index is 17.7. The van der Waals surface area contributed by atoms with Gasteiger partial charge in [-0.15, -0.1) is 0 Å². The zero-order valence-corrected chi connectivity index (χ0v) is 28.5. The summed E-state index contributed by atoms with van der Waals surface area (Å²) in [4.78, 5) is 38.6. The molecule has 1 unspecified atom stereocenters. The number of hydrogen-bond donors (Lipinski definition) is 2. The highest BCUT2D eigenvalue weighted by molar-refractivity contribution is 6.01. The predicted octanol–water partition coefficient (Wildman–Crippen LogP) is 5.87. The fourth-order valence-electron chi connectivity index (χ4n) is 9.33. The zero-order chi connectivity index (χ0) is 34.9. The van der Waals surface area contributed by atoms with E-state index in [9.17, 15) is 19.5 Å². The molecule has 1 aromatic carbocycles. The molecule has 3 saturated carbocycles. The van der Waals surface area contributed by atoms with Crippen LogP contribution in [0, 0.1) is 22.7 Å². The van der Waals surface area contributed by atoms with Crippen molar-refractivity contribution in [2.24, 2.45) is 22.7 Å². The quantitative estimate of drug-likeness (QED) is 0.352. The molecule has 11 heteroatoms. The third kappa shape index (κ3) is 5.31. The van der Waals surface area contributed by atoms with Crippen LogP contribution < -0.4 is 10.1 Å². The van der Waals surface area contributed by atoms with Gasteiger partial charge >= 0.3 is 6.09 Å². The molecule has 4 fully saturated rings. The molecule has 9 nitrogen and oxygen atoms in total.